The molecule has 144 valence electrons. The largest absolute Gasteiger partial charge is 0.486 e. The first-order valence-electron chi connectivity index (χ1n) is 10.4. The van der Waals surface area contributed by atoms with Crippen molar-refractivity contribution in [3.63, 3.8) is 0 Å². The second kappa shape index (κ2) is 6.06. The Morgan fingerprint density at radius 2 is 2.04 bits per heavy atom. The number of rotatable bonds is 2. The lowest BCUT2D eigenvalue weighted by Crippen LogP contribution is -2.50. The van der Waals surface area contributed by atoms with Gasteiger partial charge in [-0.05, 0) is 44.4 Å². The summed E-state index contributed by atoms with van der Waals surface area (Å²) in [7, 11) is 0. The van der Waals surface area contributed by atoms with Gasteiger partial charge >= 0.3 is 0 Å². The maximum atomic E-state index is 13.1. The highest BCUT2D eigenvalue weighted by atomic mass is 16.5. The number of nitrogens with zero attached hydrogens (tertiary/aromatic N) is 2. The van der Waals surface area contributed by atoms with Crippen LogP contribution in [0.25, 0.3) is 0 Å². The monoisotopic (exact) mass is 368 g/mol. The Kier molecular flexibility index (Phi) is 3.87. The number of aryl methyl sites for hydroxylation is 1. The van der Waals surface area contributed by atoms with E-state index in [2.05, 4.69) is 11.8 Å². The topological polar surface area (TPSA) is 49.9 Å². The van der Waals surface area contributed by atoms with E-state index in [9.17, 15) is 9.59 Å². The zero-order chi connectivity index (χ0) is 18.8. The highest BCUT2D eigenvalue weighted by molar-refractivity contribution is 6.01. The summed E-state index contributed by atoms with van der Waals surface area (Å²) in [5, 5.41) is 0. The Morgan fingerprint density at radius 1 is 1.26 bits per heavy atom. The van der Waals surface area contributed by atoms with Crippen molar-refractivity contribution in [3.8, 4) is 5.75 Å². The van der Waals surface area contributed by atoms with Gasteiger partial charge in [0.15, 0.2) is 5.78 Å². The minimum absolute atomic E-state index is 0.0618. The fourth-order valence-corrected chi connectivity index (χ4v) is 5.76. The summed E-state index contributed by atoms with van der Waals surface area (Å²) in [6, 6.07) is 5.86. The summed E-state index contributed by atoms with van der Waals surface area (Å²) in [5.74, 6) is 1.87. The van der Waals surface area contributed by atoms with Crippen LogP contribution in [0.1, 0.15) is 42.1 Å². The average molecular weight is 368 g/mol. The number of fused-ring (bicyclic) bond motifs is 3. The molecule has 0 aromatic heterocycles. The Bertz CT molecular complexity index is 799. The summed E-state index contributed by atoms with van der Waals surface area (Å²) in [6.07, 6.45) is 2.33. The third kappa shape index (κ3) is 2.62. The van der Waals surface area contributed by atoms with Gasteiger partial charge < -0.3 is 14.5 Å². The Hall–Kier alpha value is -1.88. The van der Waals surface area contributed by atoms with E-state index < -0.39 is 5.60 Å². The standard InChI is InChI=1S/C22H28N2O3/c1-3-23-8-10-24(11-9-23)21(26)19-15-6-7-22(20(15)19)13-17(25)16-12-14(2)4-5-18(16)27-22/h4-5,12,15,19-20H,3,6-11,13H2,1-2H3/t15-,19-,20+,22-/m1/s1. The average Bonchev–Trinajstić information content (AvgIpc) is 3.32. The van der Waals surface area contributed by atoms with E-state index in [1.165, 1.54) is 0 Å². The van der Waals surface area contributed by atoms with Gasteiger partial charge in [-0.1, -0.05) is 18.6 Å². The lowest BCUT2D eigenvalue weighted by atomic mass is 9.84. The van der Waals surface area contributed by atoms with Gasteiger partial charge in [-0.25, -0.2) is 0 Å². The molecule has 2 aliphatic heterocycles. The number of hydrogen-bond donors (Lipinski definition) is 0. The van der Waals surface area contributed by atoms with Crippen LogP contribution in [-0.2, 0) is 4.79 Å². The first-order valence-corrected chi connectivity index (χ1v) is 10.4. The summed E-state index contributed by atoms with van der Waals surface area (Å²) < 4.78 is 6.46. The highest BCUT2D eigenvalue weighted by Crippen LogP contribution is 2.66. The van der Waals surface area contributed by atoms with Crippen LogP contribution in [0.3, 0.4) is 0 Å². The minimum atomic E-state index is -0.449. The maximum absolute atomic E-state index is 13.1. The van der Waals surface area contributed by atoms with Crippen LogP contribution in [-0.4, -0.2) is 59.8 Å². The van der Waals surface area contributed by atoms with Crippen molar-refractivity contribution in [2.24, 2.45) is 17.8 Å². The highest BCUT2D eigenvalue weighted by Gasteiger charge is 2.71. The molecule has 2 heterocycles. The van der Waals surface area contributed by atoms with Crippen LogP contribution >= 0.6 is 0 Å². The lowest BCUT2D eigenvalue weighted by molar-refractivity contribution is -0.136. The number of Topliss-reactive ketones (excluding diaryl/α,β-unsaturated/α-hetero) is 1. The molecule has 5 heteroatoms. The molecule has 4 atom stereocenters. The zero-order valence-electron chi connectivity index (χ0n) is 16.2. The molecule has 27 heavy (non-hydrogen) atoms. The van der Waals surface area contributed by atoms with Gasteiger partial charge in [-0.2, -0.15) is 0 Å². The number of likely N-dealkylation sites (N-methyl/N-ethyl adjacent to an activating group) is 1. The van der Waals surface area contributed by atoms with Crippen LogP contribution in [0.15, 0.2) is 18.2 Å². The zero-order valence-corrected chi connectivity index (χ0v) is 16.2. The molecular weight excluding hydrogens is 340 g/mol. The molecule has 2 aliphatic carbocycles. The SMILES string of the molecule is CCN1CCN(C(=O)[C@@H]2[C@H]3CC[C@@]4(CC(=O)c5cc(C)ccc5O4)[C@@H]32)CC1. The van der Waals surface area contributed by atoms with Crippen molar-refractivity contribution in [2.75, 3.05) is 32.7 Å². The Morgan fingerprint density at radius 3 is 2.78 bits per heavy atom. The van der Waals surface area contributed by atoms with E-state index in [1.54, 1.807) is 0 Å². The fourth-order valence-electron chi connectivity index (χ4n) is 5.76. The molecular formula is C22H28N2O3. The number of hydrogen-bond acceptors (Lipinski definition) is 4. The third-order valence-corrected chi connectivity index (χ3v) is 7.30. The molecule has 0 radical (unpaired) electrons. The second-order valence-electron chi connectivity index (χ2n) is 8.78. The van der Waals surface area contributed by atoms with Crippen molar-refractivity contribution in [2.45, 2.75) is 38.7 Å². The van der Waals surface area contributed by atoms with E-state index in [-0.39, 0.29) is 17.6 Å². The molecule has 2 saturated carbocycles. The van der Waals surface area contributed by atoms with E-state index in [1.807, 2.05) is 30.0 Å². The Balaban J connectivity index is 1.33. The van der Waals surface area contributed by atoms with Crippen molar-refractivity contribution in [1.29, 1.82) is 0 Å². The molecule has 1 spiro atoms. The molecule has 3 fully saturated rings. The van der Waals surface area contributed by atoms with Crippen LogP contribution in [0.5, 0.6) is 5.75 Å². The molecule has 1 amide bonds. The summed E-state index contributed by atoms with van der Waals surface area (Å²) in [4.78, 5) is 30.4. The van der Waals surface area contributed by atoms with Crippen LogP contribution in [0.4, 0.5) is 0 Å². The molecule has 4 aliphatic rings. The van der Waals surface area contributed by atoms with Gasteiger partial charge in [-0.15, -0.1) is 0 Å². The lowest BCUT2D eigenvalue weighted by Gasteiger charge is -2.38. The van der Waals surface area contributed by atoms with Crippen molar-refractivity contribution >= 4 is 11.7 Å². The van der Waals surface area contributed by atoms with E-state index in [4.69, 9.17) is 4.74 Å². The van der Waals surface area contributed by atoms with Gasteiger partial charge in [0.25, 0.3) is 0 Å². The third-order valence-electron chi connectivity index (χ3n) is 7.30. The summed E-state index contributed by atoms with van der Waals surface area (Å²) in [5.41, 5.74) is 1.34. The molecule has 1 aromatic carbocycles. The molecule has 0 bridgehead atoms. The van der Waals surface area contributed by atoms with E-state index >= 15 is 0 Å². The summed E-state index contributed by atoms with van der Waals surface area (Å²) >= 11 is 0. The predicted octanol–water partition coefficient (Wildman–Crippen LogP) is 2.52. The van der Waals surface area contributed by atoms with E-state index in [0.29, 0.717) is 29.6 Å². The van der Waals surface area contributed by atoms with Crippen molar-refractivity contribution < 1.29 is 14.3 Å². The predicted molar refractivity (Wildman–Crippen MR) is 102 cm³/mol. The van der Waals surface area contributed by atoms with Gasteiger partial charge in [0, 0.05) is 38.0 Å². The Labute approximate surface area is 160 Å². The number of piperazine rings is 1. The number of benzene rings is 1. The quantitative estimate of drug-likeness (QED) is 0.805. The van der Waals surface area contributed by atoms with Crippen LogP contribution in [0, 0.1) is 24.7 Å². The molecule has 1 aromatic rings. The van der Waals surface area contributed by atoms with Crippen LogP contribution < -0.4 is 4.74 Å². The number of amides is 1. The summed E-state index contributed by atoms with van der Waals surface area (Å²) in [6.45, 7) is 8.82. The smallest absolute Gasteiger partial charge is 0.226 e. The number of ether oxygens (including phenoxy) is 1. The molecule has 0 unspecified atom stereocenters. The molecule has 0 N–H and O–H groups in total. The van der Waals surface area contributed by atoms with Gasteiger partial charge in [0.2, 0.25) is 5.91 Å². The van der Waals surface area contributed by atoms with E-state index in [0.717, 1.165) is 51.1 Å². The molecule has 5 rings (SSSR count). The first kappa shape index (κ1) is 17.2. The number of carbonyl (C=O) groups excluding carboxylic acids is 2. The van der Waals surface area contributed by atoms with Crippen LogP contribution in [0.2, 0.25) is 0 Å². The van der Waals surface area contributed by atoms with Gasteiger partial charge in [0.1, 0.15) is 11.4 Å². The van der Waals surface area contributed by atoms with Crippen molar-refractivity contribution in [3.05, 3.63) is 29.3 Å². The number of ketones is 1. The number of carbonyl (C=O) groups is 2. The molecule has 1 saturated heterocycles. The normalized spacial score (nSPS) is 35.0. The minimum Gasteiger partial charge on any atom is -0.486 e. The van der Waals surface area contributed by atoms with Gasteiger partial charge in [-0.3, -0.25) is 9.59 Å². The second-order valence-corrected chi connectivity index (χ2v) is 8.78. The van der Waals surface area contributed by atoms with Gasteiger partial charge in [0.05, 0.1) is 12.0 Å². The first-order chi connectivity index (χ1) is 13.0. The molecule has 5 nitrogen and oxygen atoms in total. The fraction of sp³-hybridized carbons (Fsp3) is 0.636. The van der Waals surface area contributed by atoms with Crippen molar-refractivity contribution in [1.82, 2.24) is 9.80 Å². The maximum Gasteiger partial charge on any atom is 0.226 e.